The quantitative estimate of drug-likeness (QED) is 0.194. The number of rotatable bonds is 6. The molecule has 46 heavy (non-hydrogen) atoms. The summed E-state index contributed by atoms with van der Waals surface area (Å²) in [5.74, 6) is 4.15. The summed E-state index contributed by atoms with van der Waals surface area (Å²) in [6.07, 6.45) is 8.10. The molecule has 5 nitrogen and oxygen atoms in total. The normalized spacial score (nSPS) is 22.0. The zero-order valence-electron chi connectivity index (χ0n) is 26.4. The van der Waals surface area contributed by atoms with Crippen LogP contribution in [0.15, 0.2) is 97.1 Å². The number of nitriles is 2. The van der Waals surface area contributed by atoms with Gasteiger partial charge in [0.2, 0.25) is 0 Å². The third-order valence-electron chi connectivity index (χ3n) is 10.2. The molecule has 2 fully saturated rings. The Morgan fingerprint density at radius 1 is 0.587 bits per heavy atom. The smallest absolute Gasteiger partial charge is 0.164 e. The number of aromatic nitrogens is 3. The van der Waals surface area contributed by atoms with E-state index in [0.717, 1.165) is 40.0 Å². The predicted molar refractivity (Wildman–Crippen MR) is 182 cm³/mol. The summed E-state index contributed by atoms with van der Waals surface area (Å²) < 4.78 is 0. The molecule has 1 aromatic heterocycles. The van der Waals surface area contributed by atoms with Crippen molar-refractivity contribution in [2.75, 3.05) is 0 Å². The largest absolute Gasteiger partial charge is 0.208 e. The highest BCUT2D eigenvalue weighted by Crippen LogP contribution is 2.54. The fourth-order valence-corrected chi connectivity index (χ4v) is 8.14. The number of hydrogen-bond acceptors (Lipinski definition) is 5. The Hall–Kier alpha value is -5.13. The Kier molecular flexibility index (Phi) is 7.93. The predicted octanol–water partition coefficient (Wildman–Crippen LogP) is 9.78. The molecule has 0 radical (unpaired) electrons. The van der Waals surface area contributed by atoms with E-state index in [1.54, 1.807) is 24.3 Å². The number of fused-ring (bicyclic) bond motifs is 2. The molecule has 0 saturated heterocycles. The fourth-order valence-electron chi connectivity index (χ4n) is 8.14. The lowest BCUT2D eigenvalue weighted by atomic mass is 9.54. The highest BCUT2D eigenvalue weighted by Gasteiger charge is 2.45. The first-order valence-corrected chi connectivity index (χ1v) is 16.4. The molecular formula is C41H37N5. The van der Waals surface area contributed by atoms with Gasteiger partial charge in [-0.3, -0.25) is 0 Å². The molecule has 7 rings (SSSR count). The topological polar surface area (TPSA) is 86.2 Å². The molecule has 2 aliphatic carbocycles. The van der Waals surface area contributed by atoms with Gasteiger partial charge < -0.3 is 0 Å². The van der Waals surface area contributed by atoms with Crippen molar-refractivity contribution in [2.24, 2.45) is 17.8 Å². The van der Waals surface area contributed by atoms with Crippen LogP contribution in [0.2, 0.25) is 0 Å². The second-order valence-electron chi connectivity index (χ2n) is 13.4. The van der Waals surface area contributed by atoms with Crippen LogP contribution in [0, 0.1) is 40.4 Å². The van der Waals surface area contributed by atoms with E-state index in [2.05, 4.69) is 74.5 Å². The van der Waals surface area contributed by atoms with Crippen LogP contribution in [-0.2, 0) is 5.41 Å². The Morgan fingerprint density at radius 3 is 1.48 bits per heavy atom. The minimum absolute atomic E-state index is 0.335. The molecule has 1 heterocycles. The molecule has 0 aliphatic heterocycles. The standard InChI is InChI=1S/C41H37N5/c1-3-28-21-31-20-27(2)22-41(23-28,24-31)37-18-16-33(17-19-37)32-12-14-36(15-13-32)40-45-38(34-8-4-29(25-42)5-9-34)44-39(46-40)35-10-6-30(26-43)7-11-35/h4-19,27-28,31H,3,20-24H2,1-2H3/t27-,28+,31-,41?/m1/s1. The summed E-state index contributed by atoms with van der Waals surface area (Å²) in [4.78, 5) is 14.5. The van der Waals surface area contributed by atoms with E-state index < -0.39 is 0 Å². The lowest BCUT2D eigenvalue weighted by Crippen LogP contribution is -2.42. The first-order valence-electron chi connectivity index (χ1n) is 16.4. The zero-order valence-corrected chi connectivity index (χ0v) is 26.4. The second-order valence-corrected chi connectivity index (χ2v) is 13.4. The van der Waals surface area contributed by atoms with Crippen LogP contribution in [0.3, 0.4) is 0 Å². The zero-order chi connectivity index (χ0) is 31.7. The Morgan fingerprint density at radius 2 is 1.02 bits per heavy atom. The van der Waals surface area contributed by atoms with Crippen LogP contribution in [0.5, 0.6) is 0 Å². The summed E-state index contributed by atoms with van der Waals surface area (Å²) in [5.41, 5.74) is 7.88. The third-order valence-corrected chi connectivity index (χ3v) is 10.2. The molecule has 2 bridgehead atoms. The number of benzene rings is 4. The van der Waals surface area contributed by atoms with Crippen molar-refractivity contribution < 1.29 is 0 Å². The van der Waals surface area contributed by atoms with Crippen molar-refractivity contribution in [3.05, 3.63) is 114 Å². The minimum Gasteiger partial charge on any atom is -0.208 e. The molecule has 4 aromatic carbocycles. The maximum Gasteiger partial charge on any atom is 0.164 e. The van der Waals surface area contributed by atoms with Crippen molar-refractivity contribution in [3.8, 4) is 57.4 Å². The summed E-state index contributed by atoms with van der Waals surface area (Å²) in [6.45, 7) is 4.82. The van der Waals surface area contributed by atoms with E-state index in [1.165, 1.54) is 49.7 Å². The van der Waals surface area contributed by atoms with Crippen molar-refractivity contribution in [1.82, 2.24) is 15.0 Å². The third kappa shape index (κ3) is 5.82. The fraction of sp³-hybridized carbons (Fsp3) is 0.293. The lowest BCUT2D eigenvalue weighted by Gasteiger charge is -2.51. The summed E-state index contributed by atoms with van der Waals surface area (Å²) in [5, 5.41) is 18.5. The molecular weight excluding hydrogens is 562 g/mol. The van der Waals surface area contributed by atoms with Gasteiger partial charge in [-0.1, -0.05) is 68.8 Å². The molecule has 226 valence electrons. The van der Waals surface area contributed by atoms with E-state index in [0.29, 0.717) is 34.0 Å². The summed E-state index contributed by atoms with van der Waals surface area (Å²) in [6, 6.07) is 36.7. The molecule has 4 atom stereocenters. The molecule has 1 unspecified atom stereocenters. The van der Waals surface area contributed by atoms with E-state index in [4.69, 9.17) is 15.0 Å². The molecule has 5 heteroatoms. The SMILES string of the molecule is CC[C@H]1C[C@H]2C[C@@H](C)CC(c3ccc(-c4ccc(-c5nc(-c6ccc(C#N)cc6)nc(-c6ccc(C#N)cc6)n5)cc4)cc3)(C2)C1. The van der Waals surface area contributed by atoms with Gasteiger partial charge in [-0.2, -0.15) is 10.5 Å². The van der Waals surface area contributed by atoms with Crippen LogP contribution in [-0.4, -0.2) is 15.0 Å². The van der Waals surface area contributed by atoms with Gasteiger partial charge >= 0.3 is 0 Å². The summed E-state index contributed by atoms with van der Waals surface area (Å²) in [7, 11) is 0. The van der Waals surface area contributed by atoms with Crippen LogP contribution in [0.25, 0.3) is 45.3 Å². The maximum absolute atomic E-state index is 9.25. The first kappa shape index (κ1) is 29.6. The van der Waals surface area contributed by atoms with E-state index in [9.17, 15) is 10.5 Å². The summed E-state index contributed by atoms with van der Waals surface area (Å²) >= 11 is 0. The monoisotopic (exact) mass is 599 g/mol. The van der Waals surface area contributed by atoms with Crippen molar-refractivity contribution in [2.45, 2.75) is 57.8 Å². The van der Waals surface area contributed by atoms with E-state index in [-0.39, 0.29) is 0 Å². The van der Waals surface area contributed by atoms with Gasteiger partial charge in [-0.05, 0) is 120 Å². The molecule has 5 aromatic rings. The minimum atomic E-state index is 0.335. The average Bonchev–Trinajstić information content (AvgIpc) is 3.11. The molecule has 2 aliphatic rings. The lowest BCUT2D eigenvalue weighted by molar-refractivity contribution is 0.0702. The van der Waals surface area contributed by atoms with Gasteiger partial charge in [0.25, 0.3) is 0 Å². The van der Waals surface area contributed by atoms with Gasteiger partial charge in [0.1, 0.15) is 0 Å². The van der Waals surface area contributed by atoms with Gasteiger partial charge in [-0.15, -0.1) is 0 Å². The van der Waals surface area contributed by atoms with Crippen molar-refractivity contribution in [1.29, 1.82) is 10.5 Å². The maximum atomic E-state index is 9.25. The molecule has 2 saturated carbocycles. The van der Waals surface area contributed by atoms with Crippen LogP contribution >= 0.6 is 0 Å². The van der Waals surface area contributed by atoms with Crippen LogP contribution < -0.4 is 0 Å². The molecule has 0 N–H and O–H groups in total. The van der Waals surface area contributed by atoms with Gasteiger partial charge in [0, 0.05) is 16.7 Å². The van der Waals surface area contributed by atoms with Gasteiger partial charge in [0.15, 0.2) is 17.5 Å². The van der Waals surface area contributed by atoms with Crippen molar-refractivity contribution >= 4 is 0 Å². The van der Waals surface area contributed by atoms with Gasteiger partial charge in [-0.25, -0.2) is 15.0 Å². The highest BCUT2D eigenvalue weighted by molar-refractivity contribution is 5.71. The Labute approximate surface area is 271 Å². The highest BCUT2D eigenvalue weighted by atomic mass is 15.0. The van der Waals surface area contributed by atoms with Crippen LogP contribution in [0.1, 0.15) is 69.1 Å². The first-order chi connectivity index (χ1) is 22.4. The Balaban J connectivity index is 1.19. The molecule has 0 spiro atoms. The number of nitrogens with zero attached hydrogens (tertiary/aromatic N) is 5. The van der Waals surface area contributed by atoms with Crippen molar-refractivity contribution in [3.63, 3.8) is 0 Å². The second kappa shape index (κ2) is 12.3. The number of hydrogen-bond donors (Lipinski definition) is 0. The van der Waals surface area contributed by atoms with E-state index >= 15 is 0 Å². The van der Waals surface area contributed by atoms with Gasteiger partial charge in [0.05, 0.1) is 23.3 Å². The molecule has 0 amide bonds. The van der Waals surface area contributed by atoms with Crippen LogP contribution in [0.4, 0.5) is 0 Å². The Bertz CT molecular complexity index is 1850. The van der Waals surface area contributed by atoms with E-state index in [1.807, 2.05) is 24.3 Å². The average molecular weight is 600 g/mol.